The minimum Gasteiger partial charge on any atom is -0.481 e. The van der Waals surface area contributed by atoms with Crippen molar-refractivity contribution >= 4 is 12.0 Å². The first kappa shape index (κ1) is 23.1. The maximum atomic E-state index is 13.0. The standard InChI is InChI=1S/C27H33F3O2/c1-24(14-10-18-6-4-7-20(16-18)27(28,29)30)15-11-21-19(17-24)8-9-22-25(21,2)12-5-13-26(22,3)23(31)32/h4,6-8,10,14,16,21-22H,5,9,11-13,15,17H2,1-3H3,(H,31,32)/b14-10+/t21-,22+,24-,25+,26+/m0/s1. The number of hydrogen-bond donors (Lipinski definition) is 1. The summed E-state index contributed by atoms with van der Waals surface area (Å²) in [6.07, 6.45) is 8.27. The van der Waals surface area contributed by atoms with Crippen molar-refractivity contribution in [2.75, 3.05) is 0 Å². The zero-order valence-corrected chi connectivity index (χ0v) is 19.1. The van der Waals surface area contributed by atoms with E-state index in [4.69, 9.17) is 0 Å². The number of aliphatic carboxylic acids is 1. The van der Waals surface area contributed by atoms with Crippen LogP contribution in [0.15, 0.2) is 42.0 Å². The van der Waals surface area contributed by atoms with Crippen LogP contribution in [-0.4, -0.2) is 11.1 Å². The van der Waals surface area contributed by atoms with Crippen LogP contribution >= 0.6 is 0 Å². The zero-order chi connectivity index (χ0) is 23.4. The van der Waals surface area contributed by atoms with E-state index >= 15 is 0 Å². The fraction of sp³-hybridized carbons (Fsp3) is 0.593. The van der Waals surface area contributed by atoms with Gasteiger partial charge in [0.25, 0.3) is 0 Å². The number of rotatable bonds is 3. The molecule has 0 unspecified atom stereocenters. The number of halogens is 3. The summed E-state index contributed by atoms with van der Waals surface area (Å²) in [6.45, 7) is 6.42. The van der Waals surface area contributed by atoms with E-state index in [9.17, 15) is 23.1 Å². The molecule has 0 amide bonds. The fourth-order valence-electron chi connectivity index (χ4n) is 6.95. The molecule has 1 aromatic carbocycles. The van der Waals surface area contributed by atoms with Crippen molar-refractivity contribution in [2.45, 2.75) is 71.9 Å². The van der Waals surface area contributed by atoms with E-state index < -0.39 is 23.1 Å². The summed E-state index contributed by atoms with van der Waals surface area (Å²) >= 11 is 0. The monoisotopic (exact) mass is 446 g/mol. The zero-order valence-electron chi connectivity index (χ0n) is 19.1. The number of carboxylic acids is 1. The second-order valence-corrected chi connectivity index (χ2v) is 11.0. The van der Waals surface area contributed by atoms with E-state index in [2.05, 4.69) is 26.0 Å². The Morgan fingerprint density at radius 3 is 2.59 bits per heavy atom. The Bertz CT molecular complexity index is 962. The van der Waals surface area contributed by atoms with Gasteiger partial charge in [0.1, 0.15) is 0 Å². The Kier molecular flexibility index (Phi) is 5.62. The molecule has 0 bridgehead atoms. The lowest BCUT2D eigenvalue weighted by atomic mass is 9.45. The van der Waals surface area contributed by atoms with Crippen LogP contribution in [-0.2, 0) is 11.0 Å². The highest BCUT2D eigenvalue weighted by Gasteiger charge is 2.58. The van der Waals surface area contributed by atoms with Crippen LogP contribution in [0.5, 0.6) is 0 Å². The normalized spacial score (nSPS) is 37.5. The molecule has 2 fully saturated rings. The van der Waals surface area contributed by atoms with Gasteiger partial charge >= 0.3 is 12.1 Å². The van der Waals surface area contributed by atoms with Crippen LogP contribution in [0.25, 0.3) is 6.08 Å². The summed E-state index contributed by atoms with van der Waals surface area (Å²) in [4.78, 5) is 12.1. The molecule has 3 aliphatic carbocycles. The number of hydrogen-bond acceptors (Lipinski definition) is 1. The average molecular weight is 447 g/mol. The molecular formula is C27H33F3O2. The molecule has 1 N–H and O–H groups in total. The lowest BCUT2D eigenvalue weighted by Crippen LogP contribution is -2.53. The van der Waals surface area contributed by atoms with Crippen LogP contribution in [0.4, 0.5) is 13.2 Å². The summed E-state index contributed by atoms with van der Waals surface area (Å²) in [6, 6.07) is 5.46. The second kappa shape index (κ2) is 7.78. The summed E-state index contributed by atoms with van der Waals surface area (Å²) in [5.74, 6) is -0.120. The van der Waals surface area contributed by atoms with Crippen molar-refractivity contribution in [3.63, 3.8) is 0 Å². The van der Waals surface area contributed by atoms with Gasteiger partial charge in [0, 0.05) is 0 Å². The Morgan fingerprint density at radius 2 is 1.91 bits per heavy atom. The first-order valence-electron chi connectivity index (χ1n) is 11.7. The van der Waals surface area contributed by atoms with Crippen LogP contribution < -0.4 is 0 Å². The molecule has 5 atom stereocenters. The Balaban J connectivity index is 1.56. The molecule has 4 rings (SSSR count). The molecule has 0 heterocycles. The van der Waals surface area contributed by atoms with Gasteiger partial charge in [-0.05, 0) is 85.8 Å². The van der Waals surface area contributed by atoms with Crippen LogP contribution in [0, 0.1) is 28.1 Å². The molecular weight excluding hydrogens is 413 g/mol. The molecule has 32 heavy (non-hydrogen) atoms. The van der Waals surface area contributed by atoms with E-state index in [1.165, 1.54) is 17.7 Å². The van der Waals surface area contributed by atoms with Gasteiger partial charge in [-0.1, -0.05) is 56.2 Å². The van der Waals surface area contributed by atoms with E-state index in [1.54, 1.807) is 6.07 Å². The number of allylic oxidation sites excluding steroid dienone is 3. The highest BCUT2D eigenvalue weighted by molar-refractivity contribution is 5.75. The first-order chi connectivity index (χ1) is 14.9. The van der Waals surface area contributed by atoms with Crippen LogP contribution in [0.2, 0.25) is 0 Å². The minimum absolute atomic E-state index is 0.00155. The van der Waals surface area contributed by atoms with Crippen molar-refractivity contribution in [3.8, 4) is 0 Å². The molecule has 3 aliphatic rings. The smallest absolute Gasteiger partial charge is 0.416 e. The third-order valence-electron chi connectivity index (χ3n) is 8.83. The van der Waals surface area contributed by atoms with Crippen molar-refractivity contribution in [2.24, 2.45) is 28.1 Å². The van der Waals surface area contributed by atoms with Crippen LogP contribution in [0.1, 0.15) is 76.8 Å². The van der Waals surface area contributed by atoms with Crippen LogP contribution in [0.3, 0.4) is 0 Å². The van der Waals surface area contributed by atoms with Gasteiger partial charge in [0.15, 0.2) is 0 Å². The predicted molar refractivity (Wildman–Crippen MR) is 120 cm³/mol. The summed E-state index contributed by atoms with van der Waals surface area (Å²) < 4.78 is 39.1. The summed E-state index contributed by atoms with van der Waals surface area (Å²) in [7, 11) is 0. The van der Waals surface area contributed by atoms with Crippen molar-refractivity contribution in [3.05, 3.63) is 53.1 Å². The first-order valence-corrected chi connectivity index (χ1v) is 11.7. The Hall–Kier alpha value is -2.04. The molecule has 0 radical (unpaired) electrons. The van der Waals surface area contributed by atoms with Crippen molar-refractivity contribution < 1.29 is 23.1 Å². The number of alkyl halides is 3. The number of fused-ring (bicyclic) bond motifs is 3. The summed E-state index contributed by atoms with van der Waals surface area (Å²) in [5, 5.41) is 9.98. The van der Waals surface area contributed by atoms with Gasteiger partial charge in [-0.2, -0.15) is 13.2 Å². The maximum Gasteiger partial charge on any atom is 0.416 e. The van der Waals surface area contributed by atoms with Crippen molar-refractivity contribution in [1.82, 2.24) is 0 Å². The molecule has 2 saturated carbocycles. The molecule has 2 nitrogen and oxygen atoms in total. The van der Waals surface area contributed by atoms with Gasteiger partial charge in [0.05, 0.1) is 11.0 Å². The van der Waals surface area contributed by atoms with Gasteiger partial charge in [-0.3, -0.25) is 4.79 Å². The molecule has 174 valence electrons. The highest BCUT2D eigenvalue weighted by Crippen LogP contribution is 2.63. The lowest BCUT2D eigenvalue weighted by molar-refractivity contribution is -0.163. The maximum absolute atomic E-state index is 13.0. The highest BCUT2D eigenvalue weighted by atomic mass is 19.4. The minimum atomic E-state index is -4.34. The Morgan fingerprint density at radius 1 is 1.16 bits per heavy atom. The third kappa shape index (κ3) is 3.92. The molecule has 1 aromatic rings. The van der Waals surface area contributed by atoms with E-state index in [1.807, 2.05) is 13.0 Å². The number of benzene rings is 1. The quantitative estimate of drug-likeness (QED) is 0.482. The second-order valence-electron chi connectivity index (χ2n) is 11.0. The van der Waals surface area contributed by atoms with Gasteiger partial charge < -0.3 is 5.11 Å². The third-order valence-corrected chi connectivity index (χ3v) is 8.83. The van der Waals surface area contributed by atoms with Gasteiger partial charge in [-0.15, -0.1) is 0 Å². The largest absolute Gasteiger partial charge is 0.481 e. The Labute approximate surface area is 188 Å². The van der Waals surface area contributed by atoms with E-state index in [0.29, 0.717) is 11.5 Å². The summed E-state index contributed by atoms with van der Waals surface area (Å²) in [5.41, 5.74) is 0.588. The topological polar surface area (TPSA) is 37.3 Å². The SMILES string of the molecule is C[C@]1(/C=C/c2cccc(C(F)(F)F)c2)CC[C@H]2C(=CC[C@@H]3[C@]2(C)CCC[C@@]3(C)C(=O)O)C1. The van der Waals surface area contributed by atoms with E-state index in [0.717, 1.165) is 51.0 Å². The van der Waals surface area contributed by atoms with Gasteiger partial charge in [-0.25, -0.2) is 0 Å². The molecule has 0 saturated heterocycles. The number of carboxylic acid groups (broad SMARTS) is 1. The molecule has 0 spiro atoms. The molecule has 0 aromatic heterocycles. The van der Waals surface area contributed by atoms with Crippen molar-refractivity contribution in [1.29, 1.82) is 0 Å². The van der Waals surface area contributed by atoms with Gasteiger partial charge in [0.2, 0.25) is 0 Å². The fourth-order valence-corrected chi connectivity index (χ4v) is 6.95. The van der Waals surface area contributed by atoms with E-state index in [-0.39, 0.29) is 16.7 Å². The molecule has 0 aliphatic heterocycles. The average Bonchev–Trinajstić information content (AvgIpc) is 2.71. The predicted octanol–water partition coefficient (Wildman–Crippen LogP) is 7.75. The lowest BCUT2D eigenvalue weighted by Gasteiger charge is -2.58. The number of carbonyl (C=O) groups is 1. The molecule has 5 heteroatoms.